The maximum absolute atomic E-state index is 12.4. The molecule has 140 valence electrons. The van der Waals surface area contributed by atoms with Crippen molar-refractivity contribution in [2.24, 2.45) is 0 Å². The summed E-state index contributed by atoms with van der Waals surface area (Å²) in [4.78, 5) is 26.5. The summed E-state index contributed by atoms with van der Waals surface area (Å²) in [6.07, 6.45) is -0.593. The molecule has 1 unspecified atom stereocenters. The molecule has 1 heterocycles. The molecule has 2 amide bonds. The maximum atomic E-state index is 12.4. The fraction of sp³-hybridized carbons (Fsp3) is 0.238. The number of fused-ring (bicyclic) bond motifs is 1. The molecule has 1 N–H and O–H groups in total. The number of ether oxygens (including phenoxy) is 2. The smallest absolute Gasteiger partial charge is 0.268 e. The standard InChI is InChI=1S/C21H22N2O4/c1-13(2)12-23-18-10-7-16(11-19(18)27-14(3)21(23)25)22-20(24)15-5-8-17(26-4)9-6-15/h5-11,14H,1,12H2,2-4H3,(H,22,24). The van der Waals surface area contributed by atoms with Gasteiger partial charge in [0.2, 0.25) is 0 Å². The van der Waals surface area contributed by atoms with Crippen LogP contribution < -0.4 is 19.7 Å². The van der Waals surface area contributed by atoms with Gasteiger partial charge in [0.15, 0.2) is 6.10 Å². The first-order valence-corrected chi connectivity index (χ1v) is 8.61. The third-order valence-electron chi connectivity index (χ3n) is 4.21. The molecule has 0 saturated carbocycles. The molecule has 0 saturated heterocycles. The molecule has 0 aliphatic carbocycles. The highest BCUT2D eigenvalue weighted by atomic mass is 16.5. The minimum Gasteiger partial charge on any atom is -0.497 e. The molecule has 1 aliphatic heterocycles. The molecule has 0 bridgehead atoms. The lowest BCUT2D eigenvalue weighted by atomic mass is 10.1. The molecule has 2 aromatic carbocycles. The first-order chi connectivity index (χ1) is 12.9. The third kappa shape index (κ3) is 3.95. The summed E-state index contributed by atoms with van der Waals surface area (Å²) < 4.78 is 10.8. The molecule has 0 radical (unpaired) electrons. The van der Waals surface area contributed by atoms with E-state index in [1.54, 1.807) is 61.4 Å². The zero-order valence-corrected chi connectivity index (χ0v) is 15.6. The van der Waals surface area contributed by atoms with Gasteiger partial charge < -0.3 is 19.7 Å². The van der Waals surface area contributed by atoms with E-state index in [0.717, 1.165) is 5.57 Å². The van der Waals surface area contributed by atoms with E-state index < -0.39 is 6.10 Å². The van der Waals surface area contributed by atoms with Crippen molar-refractivity contribution in [2.75, 3.05) is 23.9 Å². The molecule has 1 aliphatic rings. The largest absolute Gasteiger partial charge is 0.497 e. The van der Waals surface area contributed by atoms with E-state index in [1.165, 1.54) is 0 Å². The van der Waals surface area contributed by atoms with Crippen molar-refractivity contribution in [3.63, 3.8) is 0 Å². The summed E-state index contributed by atoms with van der Waals surface area (Å²) >= 11 is 0. The quantitative estimate of drug-likeness (QED) is 0.821. The molecular weight excluding hydrogens is 344 g/mol. The van der Waals surface area contributed by atoms with Crippen LogP contribution in [-0.4, -0.2) is 31.6 Å². The summed E-state index contributed by atoms with van der Waals surface area (Å²) in [5, 5.41) is 2.85. The lowest BCUT2D eigenvalue weighted by Crippen LogP contribution is -2.45. The lowest BCUT2D eigenvalue weighted by molar-refractivity contribution is -0.125. The van der Waals surface area contributed by atoms with Gasteiger partial charge in [-0.3, -0.25) is 9.59 Å². The summed E-state index contributed by atoms with van der Waals surface area (Å²) in [6.45, 7) is 7.89. The second-order valence-corrected chi connectivity index (χ2v) is 6.51. The molecule has 2 aromatic rings. The Morgan fingerprint density at radius 1 is 1.26 bits per heavy atom. The number of hydrogen-bond acceptors (Lipinski definition) is 4. The molecule has 0 fully saturated rings. The fourth-order valence-electron chi connectivity index (χ4n) is 2.87. The number of nitrogens with zero attached hydrogens (tertiary/aromatic N) is 1. The van der Waals surface area contributed by atoms with Gasteiger partial charge in [-0.05, 0) is 50.2 Å². The Bertz CT molecular complexity index is 890. The Morgan fingerprint density at radius 2 is 1.96 bits per heavy atom. The van der Waals surface area contributed by atoms with Crippen LogP contribution in [0.25, 0.3) is 0 Å². The maximum Gasteiger partial charge on any atom is 0.268 e. The van der Waals surface area contributed by atoms with Gasteiger partial charge in [0.25, 0.3) is 11.8 Å². The molecule has 27 heavy (non-hydrogen) atoms. The molecule has 0 aromatic heterocycles. The molecule has 0 spiro atoms. The van der Waals surface area contributed by atoms with Crippen molar-refractivity contribution >= 4 is 23.2 Å². The second-order valence-electron chi connectivity index (χ2n) is 6.51. The van der Waals surface area contributed by atoms with E-state index in [9.17, 15) is 9.59 Å². The summed E-state index contributed by atoms with van der Waals surface area (Å²) in [6, 6.07) is 12.1. The van der Waals surface area contributed by atoms with Crippen LogP contribution in [0, 0.1) is 0 Å². The van der Waals surface area contributed by atoms with Crippen LogP contribution in [0.4, 0.5) is 11.4 Å². The van der Waals surface area contributed by atoms with E-state index in [2.05, 4.69) is 11.9 Å². The van der Waals surface area contributed by atoms with Gasteiger partial charge in [-0.15, -0.1) is 0 Å². The Balaban J connectivity index is 1.82. The summed E-state index contributed by atoms with van der Waals surface area (Å²) in [5.74, 6) is 0.887. The monoisotopic (exact) mass is 366 g/mol. The number of carbonyl (C=O) groups is 2. The molecule has 6 nitrogen and oxygen atoms in total. The van der Waals surface area contributed by atoms with Crippen molar-refractivity contribution in [2.45, 2.75) is 20.0 Å². The number of nitrogens with one attached hydrogen (secondary N) is 1. The van der Waals surface area contributed by atoms with Crippen LogP contribution >= 0.6 is 0 Å². The van der Waals surface area contributed by atoms with E-state index in [0.29, 0.717) is 35.0 Å². The van der Waals surface area contributed by atoms with Crippen molar-refractivity contribution in [1.29, 1.82) is 0 Å². The highest BCUT2D eigenvalue weighted by Crippen LogP contribution is 2.36. The van der Waals surface area contributed by atoms with Crippen LogP contribution in [0.3, 0.4) is 0 Å². The van der Waals surface area contributed by atoms with Crippen molar-refractivity contribution in [3.8, 4) is 11.5 Å². The van der Waals surface area contributed by atoms with Crippen LogP contribution in [0.15, 0.2) is 54.6 Å². The average molecular weight is 366 g/mol. The second kappa shape index (κ2) is 7.53. The van der Waals surface area contributed by atoms with Gasteiger partial charge >= 0.3 is 0 Å². The Kier molecular flexibility index (Phi) is 5.16. The zero-order chi connectivity index (χ0) is 19.6. The van der Waals surface area contributed by atoms with Gasteiger partial charge in [-0.2, -0.15) is 0 Å². The van der Waals surface area contributed by atoms with Crippen LogP contribution in [-0.2, 0) is 4.79 Å². The first-order valence-electron chi connectivity index (χ1n) is 8.61. The highest BCUT2D eigenvalue weighted by Gasteiger charge is 2.31. The normalized spacial score (nSPS) is 15.6. The number of methoxy groups -OCH3 is 1. The molecule has 6 heteroatoms. The first kappa shape index (κ1) is 18.5. The predicted molar refractivity (Wildman–Crippen MR) is 105 cm³/mol. The Morgan fingerprint density at radius 3 is 2.59 bits per heavy atom. The summed E-state index contributed by atoms with van der Waals surface area (Å²) in [5.41, 5.74) is 2.65. The average Bonchev–Trinajstić information content (AvgIpc) is 2.65. The number of amides is 2. The van der Waals surface area contributed by atoms with Crippen LogP contribution in [0.2, 0.25) is 0 Å². The van der Waals surface area contributed by atoms with Crippen LogP contribution in [0.1, 0.15) is 24.2 Å². The molecule has 1 atom stereocenters. The minimum atomic E-state index is -0.593. The predicted octanol–water partition coefficient (Wildman–Crippen LogP) is 3.64. The van der Waals surface area contributed by atoms with Crippen molar-refractivity contribution in [1.82, 2.24) is 0 Å². The minimum absolute atomic E-state index is 0.111. The zero-order valence-electron chi connectivity index (χ0n) is 15.6. The Hall–Kier alpha value is -3.28. The SMILES string of the molecule is C=C(C)CN1C(=O)C(C)Oc2cc(NC(=O)c3ccc(OC)cc3)ccc21. The topological polar surface area (TPSA) is 67.9 Å². The molecule has 3 rings (SSSR count). The number of rotatable bonds is 5. The Labute approximate surface area is 158 Å². The number of benzene rings is 2. The van der Waals surface area contributed by atoms with Gasteiger partial charge in [0, 0.05) is 23.9 Å². The number of hydrogen-bond donors (Lipinski definition) is 1. The van der Waals surface area contributed by atoms with Crippen LogP contribution in [0.5, 0.6) is 11.5 Å². The van der Waals surface area contributed by atoms with E-state index in [-0.39, 0.29) is 11.8 Å². The van der Waals surface area contributed by atoms with E-state index >= 15 is 0 Å². The van der Waals surface area contributed by atoms with Gasteiger partial charge in [-0.25, -0.2) is 0 Å². The van der Waals surface area contributed by atoms with E-state index in [4.69, 9.17) is 9.47 Å². The lowest BCUT2D eigenvalue weighted by Gasteiger charge is -2.33. The molecular formula is C21H22N2O4. The third-order valence-corrected chi connectivity index (χ3v) is 4.21. The highest BCUT2D eigenvalue weighted by molar-refractivity contribution is 6.05. The number of carbonyl (C=O) groups excluding carboxylic acids is 2. The van der Waals surface area contributed by atoms with Crippen molar-refractivity contribution in [3.05, 3.63) is 60.2 Å². The van der Waals surface area contributed by atoms with Crippen molar-refractivity contribution < 1.29 is 19.1 Å². The summed E-state index contributed by atoms with van der Waals surface area (Å²) in [7, 11) is 1.57. The van der Waals surface area contributed by atoms with E-state index in [1.807, 2.05) is 6.92 Å². The van der Waals surface area contributed by atoms with Gasteiger partial charge in [-0.1, -0.05) is 12.2 Å². The van der Waals surface area contributed by atoms with Gasteiger partial charge in [0.05, 0.1) is 12.8 Å². The number of anilines is 2. The van der Waals surface area contributed by atoms with Gasteiger partial charge in [0.1, 0.15) is 11.5 Å². The fourth-order valence-corrected chi connectivity index (χ4v) is 2.87.